The summed E-state index contributed by atoms with van der Waals surface area (Å²) in [6.45, 7) is 0.993. The quantitative estimate of drug-likeness (QED) is 0.875. The zero-order chi connectivity index (χ0) is 14.7. The standard InChI is InChI=1S/C14H18BrFN2O2.ClH/c1-20-11-4-5-18(10(7-11)8-17)14(19)12-3-2-9(16)6-13(12)15;/h2-3,6,10-11H,4-5,7-8,17H2,1H3;1H. The van der Waals surface area contributed by atoms with Gasteiger partial charge in [-0.15, -0.1) is 12.4 Å². The Bertz CT molecular complexity index is 504. The third kappa shape index (κ3) is 4.16. The summed E-state index contributed by atoms with van der Waals surface area (Å²) in [4.78, 5) is 14.3. The molecule has 2 N–H and O–H groups in total. The van der Waals surface area contributed by atoms with Crippen molar-refractivity contribution in [1.82, 2.24) is 4.90 Å². The molecule has 0 bridgehead atoms. The lowest BCUT2D eigenvalue weighted by atomic mass is 9.98. The highest BCUT2D eigenvalue weighted by Gasteiger charge is 2.31. The second-order valence-corrected chi connectivity index (χ2v) is 5.75. The van der Waals surface area contributed by atoms with Gasteiger partial charge in [-0.25, -0.2) is 4.39 Å². The molecule has 4 nitrogen and oxygen atoms in total. The molecule has 1 aliphatic heterocycles. The van der Waals surface area contributed by atoms with Gasteiger partial charge in [0.25, 0.3) is 5.91 Å². The number of nitrogens with two attached hydrogens (primary N) is 1. The van der Waals surface area contributed by atoms with Gasteiger partial charge >= 0.3 is 0 Å². The predicted molar refractivity (Wildman–Crippen MR) is 85.3 cm³/mol. The molecule has 1 aromatic carbocycles. The fourth-order valence-electron chi connectivity index (χ4n) is 2.54. The first-order chi connectivity index (χ1) is 9.56. The second kappa shape index (κ2) is 8.08. The molecular formula is C14H19BrClFN2O2. The molecule has 1 aromatic rings. The van der Waals surface area contributed by atoms with Crippen LogP contribution in [0.15, 0.2) is 22.7 Å². The van der Waals surface area contributed by atoms with Gasteiger partial charge in [0, 0.05) is 30.7 Å². The van der Waals surface area contributed by atoms with E-state index in [0.29, 0.717) is 23.1 Å². The molecule has 7 heteroatoms. The minimum absolute atomic E-state index is 0. The van der Waals surface area contributed by atoms with Crippen molar-refractivity contribution in [2.24, 2.45) is 5.73 Å². The van der Waals surface area contributed by atoms with Gasteiger partial charge in [0.15, 0.2) is 0 Å². The van der Waals surface area contributed by atoms with Crippen LogP contribution in [0.5, 0.6) is 0 Å². The van der Waals surface area contributed by atoms with E-state index in [1.807, 2.05) is 0 Å². The summed E-state index contributed by atoms with van der Waals surface area (Å²) in [5.74, 6) is -0.497. The number of hydrogen-bond acceptors (Lipinski definition) is 3. The Balaban J connectivity index is 0.00000220. The number of nitrogens with zero attached hydrogens (tertiary/aromatic N) is 1. The number of carbonyl (C=O) groups is 1. The third-order valence-corrected chi connectivity index (χ3v) is 4.35. The van der Waals surface area contributed by atoms with Gasteiger partial charge in [-0.1, -0.05) is 0 Å². The molecule has 2 atom stereocenters. The summed E-state index contributed by atoms with van der Waals surface area (Å²) >= 11 is 3.24. The van der Waals surface area contributed by atoms with E-state index in [9.17, 15) is 9.18 Å². The summed E-state index contributed by atoms with van der Waals surface area (Å²) in [5, 5.41) is 0. The molecule has 1 saturated heterocycles. The Labute approximate surface area is 138 Å². The number of ether oxygens (including phenoxy) is 1. The van der Waals surface area contributed by atoms with Crippen LogP contribution in [-0.2, 0) is 4.74 Å². The maximum Gasteiger partial charge on any atom is 0.255 e. The molecule has 0 radical (unpaired) electrons. The maximum absolute atomic E-state index is 13.1. The fraction of sp³-hybridized carbons (Fsp3) is 0.500. The first kappa shape index (κ1) is 18.4. The van der Waals surface area contributed by atoms with Gasteiger partial charge in [0.05, 0.1) is 11.7 Å². The zero-order valence-corrected chi connectivity index (χ0v) is 14.1. The Morgan fingerprint density at radius 2 is 2.29 bits per heavy atom. The van der Waals surface area contributed by atoms with Crippen LogP contribution in [0.3, 0.4) is 0 Å². The van der Waals surface area contributed by atoms with Crippen LogP contribution < -0.4 is 5.73 Å². The molecule has 118 valence electrons. The number of rotatable bonds is 3. The van der Waals surface area contributed by atoms with Gasteiger partial charge < -0.3 is 15.4 Å². The average Bonchev–Trinajstić information content (AvgIpc) is 2.46. The molecule has 2 unspecified atom stereocenters. The molecule has 1 heterocycles. The van der Waals surface area contributed by atoms with Crippen LogP contribution in [0.25, 0.3) is 0 Å². The summed E-state index contributed by atoms with van der Waals surface area (Å²) in [7, 11) is 1.67. The molecule has 0 aliphatic carbocycles. The van der Waals surface area contributed by atoms with Gasteiger partial charge in [-0.3, -0.25) is 4.79 Å². The van der Waals surface area contributed by atoms with Crippen molar-refractivity contribution in [2.75, 3.05) is 20.2 Å². The number of halogens is 3. The minimum Gasteiger partial charge on any atom is -0.381 e. The largest absolute Gasteiger partial charge is 0.381 e. The minimum atomic E-state index is -0.373. The van der Waals surface area contributed by atoms with Crippen LogP contribution >= 0.6 is 28.3 Å². The van der Waals surface area contributed by atoms with Gasteiger partial charge in [0.1, 0.15) is 5.82 Å². The maximum atomic E-state index is 13.1. The molecule has 0 saturated carbocycles. The van der Waals surface area contributed by atoms with Crippen LogP contribution in [0.2, 0.25) is 0 Å². The van der Waals surface area contributed by atoms with Gasteiger partial charge in [-0.2, -0.15) is 0 Å². The van der Waals surface area contributed by atoms with E-state index in [-0.39, 0.29) is 36.3 Å². The number of piperidine rings is 1. The molecule has 1 amide bonds. The first-order valence-corrected chi connectivity index (χ1v) is 7.35. The smallest absolute Gasteiger partial charge is 0.255 e. The number of benzene rings is 1. The number of hydrogen-bond donors (Lipinski definition) is 1. The van der Waals surface area contributed by atoms with Crippen molar-refractivity contribution in [3.63, 3.8) is 0 Å². The number of carbonyl (C=O) groups excluding carboxylic acids is 1. The van der Waals surface area contributed by atoms with Crippen molar-refractivity contribution in [2.45, 2.75) is 25.0 Å². The van der Waals surface area contributed by atoms with Crippen LogP contribution in [0, 0.1) is 5.82 Å². The van der Waals surface area contributed by atoms with E-state index >= 15 is 0 Å². The van der Waals surface area contributed by atoms with E-state index in [4.69, 9.17) is 10.5 Å². The second-order valence-electron chi connectivity index (χ2n) is 4.89. The fourth-order valence-corrected chi connectivity index (χ4v) is 3.06. The lowest BCUT2D eigenvalue weighted by molar-refractivity contribution is 0.0138. The van der Waals surface area contributed by atoms with Crippen molar-refractivity contribution >= 4 is 34.2 Å². The topological polar surface area (TPSA) is 55.6 Å². The zero-order valence-electron chi connectivity index (χ0n) is 11.7. The van der Waals surface area contributed by atoms with E-state index in [1.54, 1.807) is 12.0 Å². The molecule has 0 spiro atoms. The van der Waals surface area contributed by atoms with Crippen LogP contribution in [0.4, 0.5) is 4.39 Å². The summed E-state index contributed by atoms with van der Waals surface area (Å²) in [6, 6.07) is 4.04. The first-order valence-electron chi connectivity index (χ1n) is 6.55. The highest BCUT2D eigenvalue weighted by molar-refractivity contribution is 9.10. The van der Waals surface area contributed by atoms with Crippen LogP contribution in [0.1, 0.15) is 23.2 Å². The molecule has 0 aromatic heterocycles. The van der Waals surface area contributed by atoms with E-state index < -0.39 is 0 Å². The Morgan fingerprint density at radius 3 is 2.86 bits per heavy atom. The number of likely N-dealkylation sites (tertiary alicyclic amines) is 1. The monoisotopic (exact) mass is 380 g/mol. The van der Waals surface area contributed by atoms with Gasteiger partial charge in [0.2, 0.25) is 0 Å². The van der Waals surface area contributed by atoms with Crippen LogP contribution in [-0.4, -0.2) is 43.2 Å². The van der Waals surface area contributed by atoms with Crippen molar-refractivity contribution in [3.05, 3.63) is 34.1 Å². The number of methoxy groups -OCH3 is 1. The molecule has 2 rings (SSSR count). The van der Waals surface area contributed by atoms with Gasteiger partial charge in [-0.05, 0) is 47.0 Å². The SMILES string of the molecule is COC1CCN(C(=O)c2ccc(F)cc2Br)C(CN)C1.Cl. The molecule has 21 heavy (non-hydrogen) atoms. The lowest BCUT2D eigenvalue weighted by Gasteiger charge is -2.38. The Kier molecular flexibility index (Phi) is 7.06. The van der Waals surface area contributed by atoms with E-state index in [1.165, 1.54) is 18.2 Å². The molecule has 1 fully saturated rings. The summed E-state index contributed by atoms with van der Waals surface area (Å²) in [5.41, 5.74) is 6.23. The van der Waals surface area contributed by atoms with Crippen molar-refractivity contribution in [1.29, 1.82) is 0 Å². The lowest BCUT2D eigenvalue weighted by Crippen LogP contribution is -2.51. The predicted octanol–water partition coefficient (Wildman–Crippen LogP) is 2.59. The molecular weight excluding hydrogens is 363 g/mol. The number of amides is 1. The summed E-state index contributed by atoms with van der Waals surface area (Å²) in [6.07, 6.45) is 1.67. The van der Waals surface area contributed by atoms with Crippen molar-refractivity contribution in [3.8, 4) is 0 Å². The van der Waals surface area contributed by atoms with E-state index in [0.717, 1.165) is 12.8 Å². The highest BCUT2D eigenvalue weighted by atomic mass is 79.9. The highest BCUT2D eigenvalue weighted by Crippen LogP contribution is 2.25. The molecule has 1 aliphatic rings. The summed E-state index contributed by atoms with van der Waals surface area (Å²) < 4.78 is 18.9. The normalized spacial score (nSPS) is 21.8. The Morgan fingerprint density at radius 1 is 1.57 bits per heavy atom. The average molecular weight is 382 g/mol. The third-order valence-electron chi connectivity index (χ3n) is 3.70. The van der Waals surface area contributed by atoms with Crippen molar-refractivity contribution < 1.29 is 13.9 Å². The van der Waals surface area contributed by atoms with E-state index in [2.05, 4.69) is 15.9 Å². The Hall–Kier alpha value is -0.690.